The molecule has 2 aromatic rings. The van der Waals surface area contributed by atoms with E-state index in [0.29, 0.717) is 22.4 Å². The molecule has 2 rings (SSSR count). The largest absolute Gasteiger partial charge is 0.479 e. The van der Waals surface area contributed by atoms with Crippen molar-refractivity contribution >= 4 is 50.8 Å². The van der Waals surface area contributed by atoms with Crippen LogP contribution < -0.4 is 20.9 Å². The number of ether oxygens (including phenoxy) is 1. The summed E-state index contributed by atoms with van der Waals surface area (Å²) in [7, 11) is 0. The highest BCUT2D eigenvalue weighted by atomic mass is 79.9. The second-order valence-electron chi connectivity index (χ2n) is 5.44. The highest BCUT2D eigenvalue weighted by Gasteiger charge is 2.16. The van der Waals surface area contributed by atoms with Crippen molar-refractivity contribution in [2.45, 2.75) is 19.4 Å². The Labute approximate surface area is 171 Å². The summed E-state index contributed by atoms with van der Waals surface area (Å²) in [6.45, 7) is 2.29. The predicted molar refractivity (Wildman–Crippen MR) is 111 cm³/mol. The molecule has 26 heavy (non-hydrogen) atoms. The van der Waals surface area contributed by atoms with Crippen molar-refractivity contribution in [3.05, 3.63) is 63.6 Å². The van der Waals surface area contributed by atoms with E-state index in [1.807, 2.05) is 30.3 Å². The number of rotatable bonds is 6. The summed E-state index contributed by atoms with van der Waals surface area (Å²) in [5.74, 6) is 0.0669. The smallest absolute Gasteiger partial charge is 0.279 e. The zero-order chi connectivity index (χ0) is 18.9. The lowest BCUT2D eigenvalue weighted by atomic mass is 10.1. The Bertz CT molecular complexity index is 761. The molecular formula is C18H19BrClN3O2S. The van der Waals surface area contributed by atoms with Crippen molar-refractivity contribution in [3.63, 3.8) is 0 Å². The van der Waals surface area contributed by atoms with Crippen LogP contribution in [0.2, 0.25) is 5.02 Å². The summed E-state index contributed by atoms with van der Waals surface area (Å²) >= 11 is 14.5. The van der Waals surface area contributed by atoms with E-state index in [1.165, 1.54) is 5.56 Å². The van der Waals surface area contributed by atoms with Crippen LogP contribution in [0.3, 0.4) is 0 Å². The van der Waals surface area contributed by atoms with E-state index in [4.69, 9.17) is 28.6 Å². The van der Waals surface area contributed by atoms with Crippen LogP contribution in [0.1, 0.15) is 12.5 Å². The van der Waals surface area contributed by atoms with Gasteiger partial charge in [0, 0.05) is 11.0 Å². The van der Waals surface area contributed by atoms with Crippen LogP contribution in [-0.2, 0) is 11.2 Å². The molecule has 1 unspecified atom stereocenters. The number of hydrogen-bond acceptors (Lipinski definition) is 3. The van der Waals surface area contributed by atoms with Gasteiger partial charge in [0.05, 0.1) is 5.02 Å². The molecule has 8 heteroatoms. The summed E-state index contributed by atoms with van der Waals surface area (Å²) in [6.07, 6.45) is 0.0892. The van der Waals surface area contributed by atoms with E-state index in [-0.39, 0.29) is 5.91 Å². The quantitative estimate of drug-likeness (QED) is 0.458. The number of carbonyl (C=O) groups is 1. The Hall–Kier alpha value is -1.83. The minimum absolute atomic E-state index is 0.336. The van der Waals surface area contributed by atoms with E-state index < -0.39 is 6.10 Å². The first kappa shape index (κ1) is 20.5. The second-order valence-corrected chi connectivity index (χ2v) is 7.17. The molecule has 5 nitrogen and oxygen atoms in total. The molecule has 2 aromatic carbocycles. The van der Waals surface area contributed by atoms with Crippen LogP contribution in [0.15, 0.2) is 53.0 Å². The van der Waals surface area contributed by atoms with Crippen LogP contribution in [0.4, 0.5) is 0 Å². The highest BCUT2D eigenvalue weighted by Crippen LogP contribution is 2.28. The fraction of sp³-hybridized carbons (Fsp3) is 0.222. The fourth-order valence-corrected chi connectivity index (χ4v) is 2.92. The fourth-order valence-electron chi connectivity index (χ4n) is 2.04. The standard InChI is InChI=1S/C18H19BrClN3O2S/c1-12(25-16-8-7-14(19)11-15(16)20)17(24)22-23-18(26)21-10-9-13-5-3-2-4-6-13/h2-8,11-12H,9-10H2,1H3,(H,22,24)(H2,21,23,26). The van der Waals surface area contributed by atoms with E-state index in [0.717, 1.165) is 10.9 Å². The number of benzene rings is 2. The van der Waals surface area contributed by atoms with Crippen molar-refractivity contribution < 1.29 is 9.53 Å². The van der Waals surface area contributed by atoms with Crippen molar-refractivity contribution in [1.82, 2.24) is 16.2 Å². The molecule has 0 aliphatic rings. The monoisotopic (exact) mass is 455 g/mol. The molecular weight excluding hydrogens is 438 g/mol. The zero-order valence-electron chi connectivity index (χ0n) is 14.1. The van der Waals surface area contributed by atoms with Crippen molar-refractivity contribution in [1.29, 1.82) is 0 Å². The number of hydrogen-bond donors (Lipinski definition) is 3. The first-order valence-electron chi connectivity index (χ1n) is 7.95. The van der Waals surface area contributed by atoms with Gasteiger partial charge in [-0.15, -0.1) is 0 Å². The molecule has 3 N–H and O–H groups in total. The number of nitrogens with one attached hydrogen (secondary N) is 3. The van der Waals surface area contributed by atoms with Crippen LogP contribution >= 0.6 is 39.7 Å². The molecule has 1 amide bonds. The molecule has 138 valence electrons. The van der Waals surface area contributed by atoms with E-state index >= 15 is 0 Å². The third-order valence-corrected chi connectivity index (χ3v) is 4.44. The molecule has 0 saturated carbocycles. The molecule has 0 bridgehead atoms. The van der Waals surface area contributed by atoms with Crippen molar-refractivity contribution in [2.24, 2.45) is 0 Å². The van der Waals surface area contributed by atoms with Gasteiger partial charge in [0.1, 0.15) is 5.75 Å². The maximum absolute atomic E-state index is 12.1. The second kappa shape index (κ2) is 10.4. The molecule has 1 atom stereocenters. The van der Waals surface area contributed by atoms with Gasteiger partial charge in [0.15, 0.2) is 11.2 Å². The van der Waals surface area contributed by atoms with Gasteiger partial charge < -0.3 is 10.1 Å². The number of thiocarbonyl (C=S) groups is 1. The first-order chi connectivity index (χ1) is 12.5. The average Bonchev–Trinajstić information content (AvgIpc) is 2.63. The molecule has 0 fully saturated rings. The Kier molecular flexibility index (Phi) is 8.15. The van der Waals surface area contributed by atoms with Crippen LogP contribution in [-0.4, -0.2) is 23.7 Å². The number of halogens is 2. The van der Waals surface area contributed by atoms with E-state index in [2.05, 4.69) is 32.1 Å². The van der Waals surface area contributed by atoms with Crippen LogP contribution in [0.25, 0.3) is 0 Å². The van der Waals surface area contributed by atoms with Gasteiger partial charge in [-0.2, -0.15) is 0 Å². The van der Waals surface area contributed by atoms with Gasteiger partial charge in [0.25, 0.3) is 5.91 Å². The van der Waals surface area contributed by atoms with Crippen LogP contribution in [0, 0.1) is 0 Å². The van der Waals surface area contributed by atoms with Gasteiger partial charge >= 0.3 is 0 Å². The summed E-state index contributed by atoms with van der Waals surface area (Å²) in [6, 6.07) is 15.2. The average molecular weight is 457 g/mol. The number of amides is 1. The normalized spacial score (nSPS) is 11.3. The van der Waals surface area contributed by atoms with Gasteiger partial charge in [0.2, 0.25) is 0 Å². The first-order valence-corrected chi connectivity index (χ1v) is 9.53. The van der Waals surface area contributed by atoms with Crippen molar-refractivity contribution in [2.75, 3.05) is 6.54 Å². The Balaban J connectivity index is 1.70. The van der Waals surface area contributed by atoms with Gasteiger partial charge in [-0.1, -0.05) is 57.9 Å². The summed E-state index contributed by atoms with van der Waals surface area (Å²) < 4.78 is 6.40. The van der Waals surface area contributed by atoms with E-state index in [9.17, 15) is 4.79 Å². The molecule has 0 heterocycles. The lowest BCUT2D eigenvalue weighted by Gasteiger charge is -2.17. The Morgan fingerprint density at radius 3 is 2.65 bits per heavy atom. The van der Waals surface area contributed by atoms with Crippen molar-refractivity contribution in [3.8, 4) is 5.75 Å². The van der Waals surface area contributed by atoms with Gasteiger partial charge in [-0.05, 0) is 49.3 Å². The lowest BCUT2D eigenvalue weighted by Crippen LogP contribution is -2.50. The zero-order valence-corrected chi connectivity index (χ0v) is 17.2. The summed E-state index contributed by atoms with van der Waals surface area (Å²) in [5, 5.41) is 3.79. The molecule has 0 radical (unpaired) electrons. The Morgan fingerprint density at radius 1 is 1.23 bits per heavy atom. The predicted octanol–water partition coefficient (Wildman–Crippen LogP) is 3.61. The number of hydrazine groups is 1. The minimum atomic E-state index is -0.742. The SMILES string of the molecule is CC(Oc1ccc(Br)cc1Cl)C(=O)NNC(=S)NCCc1ccccc1. The van der Waals surface area contributed by atoms with E-state index in [1.54, 1.807) is 25.1 Å². The summed E-state index contributed by atoms with van der Waals surface area (Å²) in [4.78, 5) is 12.1. The number of carbonyl (C=O) groups excluding carboxylic acids is 1. The third-order valence-electron chi connectivity index (χ3n) is 3.41. The topological polar surface area (TPSA) is 62.4 Å². The summed E-state index contributed by atoms with van der Waals surface area (Å²) in [5.41, 5.74) is 6.38. The van der Waals surface area contributed by atoms with Gasteiger partial charge in [-0.3, -0.25) is 15.6 Å². The highest BCUT2D eigenvalue weighted by molar-refractivity contribution is 9.10. The molecule has 0 saturated heterocycles. The van der Waals surface area contributed by atoms with Crippen LogP contribution in [0.5, 0.6) is 5.75 Å². The molecule has 0 aliphatic carbocycles. The van der Waals surface area contributed by atoms with Gasteiger partial charge in [-0.25, -0.2) is 0 Å². The molecule has 0 aromatic heterocycles. The minimum Gasteiger partial charge on any atom is -0.479 e. The maximum Gasteiger partial charge on any atom is 0.279 e. The Morgan fingerprint density at radius 2 is 1.96 bits per heavy atom. The molecule has 0 aliphatic heterocycles. The third kappa shape index (κ3) is 6.82. The molecule has 0 spiro atoms. The lowest BCUT2D eigenvalue weighted by molar-refractivity contribution is -0.127. The maximum atomic E-state index is 12.1.